The van der Waals surface area contributed by atoms with Crippen LogP contribution in [0.5, 0.6) is 0 Å². The number of aliphatic hydroxyl groups is 1. The number of primary amides is 1. The molecule has 2 aliphatic rings. The Bertz CT molecular complexity index is 947. The Balaban J connectivity index is 1.82. The smallest absolute Gasteiger partial charge is 0.248 e. The Labute approximate surface area is 175 Å². The molecule has 1 saturated carbocycles. The van der Waals surface area contributed by atoms with Crippen molar-refractivity contribution in [2.75, 3.05) is 10.2 Å². The number of aromatic nitrogens is 2. The second-order valence-corrected chi connectivity index (χ2v) is 8.52. The number of halogens is 1. The minimum absolute atomic E-state index is 0.134. The topological polar surface area (TPSA) is 104 Å². The lowest BCUT2D eigenvalue weighted by atomic mass is 9.79. The number of benzene rings is 1. The molecule has 4 N–H and O–H groups in total. The number of hydrogen-bond donors (Lipinski definition) is 3. The Morgan fingerprint density at radius 3 is 2.72 bits per heavy atom. The van der Waals surface area contributed by atoms with E-state index in [1.54, 1.807) is 19.2 Å². The van der Waals surface area contributed by atoms with Crippen LogP contribution in [0.3, 0.4) is 0 Å². The average molecular weight is 416 g/mol. The number of carbonyl (C=O) groups excluding carboxylic acids is 1. The van der Waals surface area contributed by atoms with Gasteiger partial charge in [-0.1, -0.05) is 18.5 Å². The van der Waals surface area contributed by atoms with Gasteiger partial charge >= 0.3 is 0 Å². The zero-order valence-electron chi connectivity index (χ0n) is 16.8. The molecular weight excluding hydrogens is 390 g/mol. The highest BCUT2D eigenvalue weighted by Crippen LogP contribution is 2.50. The molecular formula is C21H26ClN5O2. The van der Waals surface area contributed by atoms with Crippen LogP contribution in [0, 0.1) is 18.8 Å². The van der Waals surface area contributed by atoms with Gasteiger partial charge in [0, 0.05) is 23.2 Å². The second kappa shape index (κ2) is 7.46. The molecule has 0 saturated heterocycles. The van der Waals surface area contributed by atoms with E-state index in [4.69, 9.17) is 17.3 Å². The third kappa shape index (κ3) is 3.65. The third-order valence-corrected chi connectivity index (χ3v) is 6.39. The summed E-state index contributed by atoms with van der Waals surface area (Å²) < 4.78 is 0. The molecule has 1 aromatic heterocycles. The molecule has 1 aliphatic heterocycles. The van der Waals surface area contributed by atoms with E-state index in [1.807, 2.05) is 19.1 Å². The van der Waals surface area contributed by atoms with Crippen molar-refractivity contribution in [2.45, 2.75) is 51.9 Å². The normalized spacial score (nSPS) is 24.7. The van der Waals surface area contributed by atoms with E-state index < -0.39 is 12.1 Å². The number of rotatable bonds is 5. The monoisotopic (exact) mass is 415 g/mol. The second-order valence-electron chi connectivity index (χ2n) is 8.11. The number of anilines is 2. The van der Waals surface area contributed by atoms with E-state index in [0.29, 0.717) is 28.1 Å². The molecule has 4 rings (SSSR count). The Kier molecular flexibility index (Phi) is 5.12. The highest BCUT2D eigenvalue weighted by molar-refractivity contribution is 6.31. The number of amides is 1. The molecule has 0 spiro atoms. The number of nitrogens with two attached hydrogens (primary N) is 1. The zero-order valence-corrected chi connectivity index (χ0v) is 17.5. The van der Waals surface area contributed by atoms with Crippen molar-refractivity contribution >= 4 is 29.1 Å². The van der Waals surface area contributed by atoms with Crippen molar-refractivity contribution in [2.24, 2.45) is 17.6 Å². The molecule has 0 bridgehead atoms. The summed E-state index contributed by atoms with van der Waals surface area (Å²) in [5, 5.41) is 14.6. The van der Waals surface area contributed by atoms with Gasteiger partial charge in [0.2, 0.25) is 11.9 Å². The summed E-state index contributed by atoms with van der Waals surface area (Å²) in [6.07, 6.45) is 3.24. The molecule has 4 atom stereocenters. The van der Waals surface area contributed by atoms with Crippen LogP contribution in [0.15, 0.2) is 24.4 Å². The van der Waals surface area contributed by atoms with E-state index in [-0.39, 0.29) is 18.0 Å². The first-order chi connectivity index (χ1) is 13.8. The van der Waals surface area contributed by atoms with Crippen LogP contribution >= 0.6 is 11.6 Å². The van der Waals surface area contributed by atoms with E-state index in [2.05, 4.69) is 27.1 Å². The molecule has 7 nitrogen and oxygen atoms in total. The lowest BCUT2D eigenvalue weighted by molar-refractivity contribution is 0.1000. The van der Waals surface area contributed by atoms with E-state index >= 15 is 0 Å². The lowest BCUT2D eigenvalue weighted by Crippen LogP contribution is -2.53. The first kappa shape index (κ1) is 19.9. The van der Waals surface area contributed by atoms with E-state index in [9.17, 15) is 9.90 Å². The van der Waals surface area contributed by atoms with Crippen LogP contribution in [0.25, 0.3) is 0 Å². The molecule has 29 heavy (non-hydrogen) atoms. The van der Waals surface area contributed by atoms with E-state index in [1.165, 1.54) is 0 Å². The van der Waals surface area contributed by atoms with Crippen molar-refractivity contribution < 1.29 is 9.90 Å². The number of fused-ring (bicyclic) bond motifs is 1. The summed E-state index contributed by atoms with van der Waals surface area (Å²) in [6.45, 7) is 5.78. The maximum absolute atomic E-state index is 11.8. The van der Waals surface area contributed by atoms with Gasteiger partial charge in [-0.3, -0.25) is 4.79 Å². The maximum Gasteiger partial charge on any atom is 0.248 e. The number of hydrogen-bond acceptors (Lipinski definition) is 6. The Morgan fingerprint density at radius 2 is 2.14 bits per heavy atom. The molecule has 154 valence electrons. The fourth-order valence-electron chi connectivity index (χ4n) is 4.50. The molecule has 0 radical (unpaired) electrons. The van der Waals surface area contributed by atoms with Crippen LogP contribution in [-0.2, 0) is 0 Å². The first-order valence-corrected chi connectivity index (χ1v) is 10.3. The first-order valence-electron chi connectivity index (χ1n) is 9.93. The minimum Gasteiger partial charge on any atom is -0.374 e. The summed E-state index contributed by atoms with van der Waals surface area (Å²) in [5.74, 6) is 0.679. The standard InChI is InChI=1S/C21H26ClN5O2/c1-10-18(26-21-24-9-16(22)11(2)25-21)15-8-14(20(23)29)6-7-17(15)27(12(3)28)19(10)13-4-5-13/h6-10,12-13,18-19,28H,4-5H2,1-3H3,(H2,23,29)(H,24,25,26)/t10-,12?,18-,19-/m1/s1. The summed E-state index contributed by atoms with van der Waals surface area (Å²) in [7, 11) is 0. The van der Waals surface area contributed by atoms with E-state index in [0.717, 1.165) is 24.1 Å². The predicted molar refractivity (Wildman–Crippen MR) is 113 cm³/mol. The quantitative estimate of drug-likeness (QED) is 0.692. The highest BCUT2D eigenvalue weighted by Gasteiger charge is 2.47. The highest BCUT2D eigenvalue weighted by atomic mass is 35.5. The zero-order chi connectivity index (χ0) is 20.9. The fourth-order valence-corrected chi connectivity index (χ4v) is 4.59. The Morgan fingerprint density at radius 1 is 1.41 bits per heavy atom. The van der Waals surface area contributed by atoms with Gasteiger partial charge in [0.15, 0.2) is 0 Å². The molecule has 2 heterocycles. The van der Waals surface area contributed by atoms with Gasteiger partial charge in [0.05, 0.1) is 23.0 Å². The lowest BCUT2D eigenvalue weighted by Gasteiger charge is -2.48. The SMILES string of the molecule is Cc1nc(N[C@H]2c3cc(C(N)=O)ccc3N(C(C)O)[C@@H](C3CC3)[C@@H]2C)ncc1Cl. The maximum atomic E-state index is 11.8. The van der Waals surface area contributed by atoms with Crippen LogP contribution in [0.2, 0.25) is 5.02 Å². The van der Waals surface area contributed by atoms with Gasteiger partial charge < -0.3 is 21.1 Å². The molecule has 1 aliphatic carbocycles. The van der Waals surface area contributed by atoms with Gasteiger partial charge in [0.25, 0.3) is 0 Å². The molecule has 1 amide bonds. The van der Waals surface area contributed by atoms with Gasteiger partial charge in [0.1, 0.15) is 6.23 Å². The van der Waals surface area contributed by atoms with Gasteiger partial charge in [-0.05, 0) is 56.4 Å². The summed E-state index contributed by atoms with van der Waals surface area (Å²) in [5.41, 5.74) is 8.48. The van der Waals surface area contributed by atoms with Gasteiger partial charge in [-0.25, -0.2) is 9.97 Å². The summed E-state index contributed by atoms with van der Waals surface area (Å²) >= 11 is 6.08. The number of nitrogens with zero attached hydrogens (tertiary/aromatic N) is 3. The predicted octanol–water partition coefficient (Wildman–Crippen LogP) is 3.26. The number of carbonyl (C=O) groups is 1. The number of aliphatic hydroxyl groups excluding tert-OH is 1. The molecule has 1 aromatic carbocycles. The van der Waals surface area contributed by atoms with Crippen molar-refractivity contribution in [1.82, 2.24) is 9.97 Å². The third-order valence-electron chi connectivity index (χ3n) is 6.02. The van der Waals surface area contributed by atoms with Crippen LogP contribution < -0.4 is 16.0 Å². The van der Waals surface area contributed by atoms with Crippen molar-refractivity contribution in [3.63, 3.8) is 0 Å². The minimum atomic E-state index is -0.642. The fraction of sp³-hybridized carbons (Fsp3) is 0.476. The van der Waals surface area contributed by atoms with Crippen LogP contribution in [0.4, 0.5) is 11.6 Å². The number of aryl methyl sites for hydroxylation is 1. The van der Waals surface area contributed by atoms with Crippen molar-refractivity contribution in [1.29, 1.82) is 0 Å². The average Bonchev–Trinajstić information content (AvgIpc) is 3.50. The van der Waals surface area contributed by atoms with Crippen molar-refractivity contribution in [3.05, 3.63) is 46.2 Å². The largest absolute Gasteiger partial charge is 0.374 e. The van der Waals surface area contributed by atoms with Gasteiger partial charge in [-0.2, -0.15) is 0 Å². The van der Waals surface area contributed by atoms with Crippen LogP contribution in [0.1, 0.15) is 54.3 Å². The molecule has 8 heteroatoms. The van der Waals surface area contributed by atoms with Crippen LogP contribution in [-0.4, -0.2) is 33.3 Å². The molecule has 1 unspecified atom stereocenters. The summed E-state index contributed by atoms with van der Waals surface area (Å²) in [6, 6.07) is 5.45. The van der Waals surface area contributed by atoms with Crippen molar-refractivity contribution in [3.8, 4) is 0 Å². The molecule has 1 fully saturated rings. The molecule has 2 aromatic rings. The number of nitrogens with one attached hydrogen (secondary N) is 1. The Hall–Kier alpha value is -2.38. The van der Waals surface area contributed by atoms with Gasteiger partial charge in [-0.15, -0.1) is 0 Å². The summed E-state index contributed by atoms with van der Waals surface area (Å²) in [4.78, 5) is 22.7.